The molecule has 130 valence electrons. The highest BCUT2D eigenvalue weighted by molar-refractivity contribution is 7.92. The molecule has 1 amide bonds. The number of hydrogen-bond donors (Lipinski definition) is 1. The predicted octanol–water partition coefficient (Wildman–Crippen LogP) is 2.58. The summed E-state index contributed by atoms with van der Waals surface area (Å²) in [6, 6.07) is 7.21. The quantitative estimate of drug-likeness (QED) is 0.888. The largest absolute Gasteiger partial charge is 0.374 e. The lowest BCUT2D eigenvalue weighted by Gasteiger charge is -2.17. The van der Waals surface area contributed by atoms with Gasteiger partial charge in [0.15, 0.2) is 9.84 Å². The molecule has 0 unspecified atom stereocenters. The van der Waals surface area contributed by atoms with E-state index in [4.69, 9.17) is 0 Å². The number of nitrogens with zero attached hydrogens (tertiary/aromatic N) is 1. The first-order valence-corrected chi connectivity index (χ1v) is 10.5. The van der Waals surface area contributed by atoms with Crippen LogP contribution in [-0.4, -0.2) is 43.1 Å². The summed E-state index contributed by atoms with van der Waals surface area (Å²) in [5, 5.41) is 3.04. The van der Waals surface area contributed by atoms with Gasteiger partial charge in [0.1, 0.15) is 6.04 Å². The lowest BCUT2D eigenvalue weighted by molar-refractivity contribution is -0.128. The Bertz CT molecular complexity index is 719. The number of rotatable bonds is 5. The van der Waals surface area contributed by atoms with Crippen molar-refractivity contribution in [3.63, 3.8) is 0 Å². The van der Waals surface area contributed by atoms with Gasteiger partial charge in [-0.05, 0) is 56.4 Å². The molecule has 1 aromatic rings. The fourth-order valence-electron chi connectivity index (χ4n) is 3.92. The van der Waals surface area contributed by atoms with Crippen LogP contribution < -0.4 is 5.32 Å². The normalized spacial score (nSPS) is 25.4. The van der Waals surface area contributed by atoms with Gasteiger partial charge in [0.25, 0.3) is 0 Å². The van der Waals surface area contributed by atoms with Gasteiger partial charge in [0, 0.05) is 18.3 Å². The molecule has 3 fully saturated rings. The summed E-state index contributed by atoms with van der Waals surface area (Å²) in [5.41, 5.74) is 0.816. The SMILES string of the molecule is O=C1[C@@H](Nc2ccc(S(=O)(=O)C3CCCC3)cc2)CCN1C1CC1. The van der Waals surface area contributed by atoms with Crippen LogP contribution in [0.1, 0.15) is 44.9 Å². The average Bonchev–Trinajstić information content (AvgIpc) is 3.12. The number of amides is 1. The Hall–Kier alpha value is -1.56. The fourth-order valence-corrected chi connectivity index (χ4v) is 5.77. The van der Waals surface area contributed by atoms with E-state index in [-0.39, 0.29) is 17.2 Å². The lowest BCUT2D eigenvalue weighted by Crippen LogP contribution is -2.34. The molecular weight excluding hydrogens is 324 g/mol. The van der Waals surface area contributed by atoms with Gasteiger partial charge in [-0.25, -0.2) is 8.42 Å². The first-order chi connectivity index (χ1) is 11.6. The molecule has 2 saturated carbocycles. The molecule has 0 bridgehead atoms. The second-order valence-electron chi connectivity index (χ2n) is 7.22. The number of anilines is 1. The van der Waals surface area contributed by atoms with Gasteiger partial charge in [0.2, 0.25) is 5.91 Å². The minimum atomic E-state index is -3.21. The zero-order valence-corrected chi connectivity index (χ0v) is 14.6. The number of benzene rings is 1. The Morgan fingerprint density at radius 2 is 1.62 bits per heavy atom. The van der Waals surface area contributed by atoms with Gasteiger partial charge < -0.3 is 10.2 Å². The van der Waals surface area contributed by atoms with E-state index in [2.05, 4.69) is 5.32 Å². The van der Waals surface area contributed by atoms with Crippen molar-refractivity contribution in [2.75, 3.05) is 11.9 Å². The van der Waals surface area contributed by atoms with Crippen molar-refractivity contribution in [2.24, 2.45) is 0 Å². The zero-order chi connectivity index (χ0) is 16.7. The van der Waals surface area contributed by atoms with Crippen LogP contribution in [0.5, 0.6) is 0 Å². The van der Waals surface area contributed by atoms with Crippen molar-refractivity contribution in [2.45, 2.75) is 67.2 Å². The Labute approximate surface area is 143 Å². The van der Waals surface area contributed by atoms with E-state index in [1.54, 1.807) is 24.3 Å². The minimum absolute atomic E-state index is 0.178. The maximum Gasteiger partial charge on any atom is 0.245 e. The number of sulfone groups is 1. The van der Waals surface area contributed by atoms with Crippen LogP contribution in [0.3, 0.4) is 0 Å². The number of hydrogen-bond acceptors (Lipinski definition) is 4. The molecule has 6 heteroatoms. The molecule has 1 aliphatic heterocycles. The van der Waals surface area contributed by atoms with Crippen molar-refractivity contribution in [3.05, 3.63) is 24.3 Å². The molecule has 1 N–H and O–H groups in total. The molecule has 0 radical (unpaired) electrons. The summed E-state index contributed by atoms with van der Waals surface area (Å²) >= 11 is 0. The fraction of sp³-hybridized carbons (Fsp3) is 0.611. The highest BCUT2D eigenvalue weighted by atomic mass is 32.2. The first kappa shape index (κ1) is 15.9. The summed E-state index contributed by atoms with van der Waals surface area (Å²) < 4.78 is 25.2. The third kappa shape index (κ3) is 2.92. The molecule has 1 aromatic carbocycles. The second-order valence-corrected chi connectivity index (χ2v) is 9.45. The molecule has 3 aliphatic rings. The molecular formula is C18H24N2O3S. The number of likely N-dealkylation sites (tertiary alicyclic amines) is 1. The van der Waals surface area contributed by atoms with E-state index in [0.29, 0.717) is 10.9 Å². The van der Waals surface area contributed by atoms with Crippen molar-refractivity contribution < 1.29 is 13.2 Å². The maximum atomic E-state index is 12.6. The lowest BCUT2D eigenvalue weighted by atomic mass is 10.2. The molecule has 2 aliphatic carbocycles. The molecule has 0 aromatic heterocycles. The van der Waals surface area contributed by atoms with Gasteiger partial charge >= 0.3 is 0 Å². The Balaban J connectivity index is 1.43. The van der Waals surface area contributed by atoms with Crippen LogP contribution in [0.2, 0.25) is 0 Å². The van der Waals surface area contributed by atoms with Crippen molar-refractivity contribution in [1.82, 2.24) is 4.90 Å². The monoisotopic (exact) mass is 348 g/mol. The number of carbonyl (C=O) groups excluding carboxylic acids is 1. The molecule has 24 heavy (non-hydrogen) atoms. The van der Waals surface area contributed by atoms with Crippen LogP contribution in [0.4, 0.5) is 5.69 Å². The summed E-state index contributed by atoms with van der Waals surface area (Å²) in [5.74, 6) is 0.181. The van der Waals surface area contributed by atoms with Gasteiger partial charge in [0.05, 0.1) is 10.1 Å². The van der Waals surface area contributed by atoms with E-state index in [0.717, 1.165) is 57.2 Å². The van der Waals surface area contributed by atoms with E-state index in [9.17, 15) is 13.2 Å². The van der Waals surface area contributed by atoms with Crippen LogP contribution in [0.25, 0.3) is 0 Å². The summed E-state index contributed by atoms with van der Waals surface area (Å²) in [6.07, 6.45) is 6.64. The van der Waals surface area contributed by atoms with E-state index in [1.807, 2.05) is 4.90 Å². The third-order valence-corrected chi connectivity index (χ3v) is 7.77. The van der Waals surface area contributed by atoms with Crippen molar-refractivity contribution in [3.8, 4) is 0 Å². The van der Waals surface area contributed by atoms with Gasteiger partial charge in [-0.3, -0.25) is 4.79 Å². The molecule has 1 saturated heterocycles. The van der Waals surface area contributed by atoms with Crippen molar-refractivity contribution in [1.29, 1.82) is 0 Å². The third-order valence-electron chi connectivity index (χ3n) is 5.49. The number of carbonyl (C=O) groups is 1. The highest BCUT2D eigenvalue weighted by Gasteiger charge is 2.40. The van der Waals surface area contributed by atoms with E-state index in [1.165, 1.54) is 0 Å². The summed E-state index contributed by atoms with van der Waals surface area (Å²) in [6.45, 7) is 0.829. The standard InChI is InChI=1S/C18H24N2O3S/c21-18-17(11-12-20(18)14-7-8-14)19-13-5-9-16(10-6-13)24(22,23)15-3-1-2-4-15/h5-6,9-10,14-15,17,19H,1-4,7-8,11-12H2/t17-/m0/s1. The highest BCUT2D eigenvalue weighted by Crippen LogP contribution is 2.32. The second kappa shape index (κ2) is 6.06. The van der Waals surface area contributed by atoms with E-state index >= 15 is 0 Å². The molecule has 1 heterocycles. The van der Waals surface area contributed by atoms with Gasteiger partial charge in [-0.2, -0.15) is 0 Å². The molecule has 4 rings (SSSR count). The Kier molecular flexibility index (Phi) is 4.03. The summed E-state index contributed by atoms with van der Waals surface area (Å²) in [4.78, 5) is 14.7. The zero-order valence-electron chi connectivity index (χ0n) is 13.8. The van der Waals surface area contributed by atoms with Crippen LogP contribution in [0, 0.1) is 0 Å². The summed E-state index contributed by atoms with van der Waals surface area (Å²) in [7, 11) is -3.21. The average molecular weight is 348 g/mol. The first-order valence-electron chi connectivity index (χ1n) is 8.97. The smallest absolute Gasteiger partial charge is 0.245 e. The van der Waals surface area contributed by atoms with Crippen LogP contribution in [-0.2, 0) is 14.6 Å². The van der Waals surface area contributed by atoms with Crippen LogP contribution >= 0.6 is 0 Å². The van der Waals surface area contributed by atoms with Crippen LogP contribution in [0.15, 0.2) is 29.2 Å². The Morgan fingerprint density at radius 3 is 2.25 bits per heavy atom. The van der Waals surface area contributed by atoms with Gasteiger partial charge in [-0.15, -0.1) is 0 Å². The van der Waals surface area contributed by atoms with Gasteiger partial charge in [-0.1, -0.05) is 12.8 Å². The predicted molar refractivity (Wildman–Crippen MR) is 92.6 cm³/mol. The maximum absolute atomic E-state index is 12.6. The topological polar surface area (TPSA) is 66.5 Å². The number of nitrogens with one attached hydrogen (secondary N) is 1. The molecule has 1 atom stereocenters. The van der Waals surface area contributed by atoms with E-state index < -0.39 is 9.84 Å². The molecule has 5 nitrogen and oxygen atoms in total. The van der Waals surface area contributed by atoms with Crippen molar-refractivity contribution >= 4 is 21.4 Å². The minimum Gasteiger partial charge on any atom is -0.374 e. The Morgan fingerprint density at radius 1 is 0.958 bits per heavy atom. The molecule has 0 spiro atoms.